The fourth-order valence-electron chi connectivity index (χ4n) is 5.18. The highest BCUT2D eigenvalue weighted by Gasteiger charge is 2.32. The van der Waals surface area contributed by atoms with E-state index in [1.165, 1.54) is 29.8 Å². The number of anilines is 4. The first-order chi connectivity index (χ1) is 22.1. The number of piperazine rings is 1. The number of carbonyl (C=O) groups is 2. The van der Waals surface area contributed by atoms with Crippen LogP contribution in [0, 0.1) is 0 Å². The standard InChI is InChI=1S/C31H31F3N8O3S/c1-40-12-14-41(15-13-40)25-10-7-21(31(32,33)34)16-24(25)39-28(44)38-22-17-35-29(36-18-22)45-23-8-5-20(6-9-23)26-19-37-30(46-26)42-11-3-2-4-27(42)43/h5-10,16-19H,2-4,11-15H2,1H3,(H2,38,39,44). The lowest BCUT2D eigenvalue weighted by Gasteiger charge is -2.35. The van der Waals surface area contributed by atoms with Crippen LogP contribution in [-0.4, -0.2) is 71.6 Å². The number of hydrogen-bond donors (Lipinski definition) is 2. The second kappa shape index (κ2) is 13.3. The highest BCUT2D eigenvalue weighted by molar-refractivity contribution is 7.19. The number of hydrogen-bond acceptors (Lipinski definition) is 9. The number of halogens is 3. The summed E-state index contributed by atoms with van der Waals surface area (Å²) in [4.78, 5) is 44.5. The van der Waals surface area contributed by atoms with E-state index in [0.29, 0.717) is 42.6 Å². The minimum Gasteiger partial charge on any atom is -0.424 e. The van der Waals surface area contributed by atoms with Crippen molar-refractivity contribution in [3.05, 3.63) is 66.6 Å². The second-order valence-corrected chi connectivity index (χ2v) is 12.0. The zero-order valence-electron chi connectivity index (χ0n) is 24.9. The van der Waals surface area contributed by atoms with Gasteiger partial charge >= 0.3 is 18.2 Å². The Balaban J connectivity index is 1.07. The van der Waals surface area contributed by atoms with Crippen molar-refractivity contribution in [2.45, 2.75) is 25.4 Å². The summed E-state index contributed by atoms with van der Waals surface area (Å²) in [5.41, 5.74) is 0.847. The number of rotatable bonds is 7. The number of aromatic nitrogens is 3. The smallest absolute Gasteiger partial charge is 0.416 e. The zero-order chi connectivity index (χ0) is 32.3. The Hall–Kier alpha value is -4.76. The van der Waals surface area contributed by atoms with E-state index in [2.05, 4.69) is 30.5 Å². The van der Waals surface area contributed by atoms with Gasteiger partial charge in [-0.1, -0.05) is 11.3 Å². The molecule has 2 fully saturated rings. The van der Waals surface area contributed by atoms with Crippen molar-refractivity contribution >= 4 is 45.5 Å². The summed E-state index contributed by atoms with van der Waals surface area (Å²) in [6, 6.07) is 9.91. The Morgan fingerprint density at radius 1 is 0.913 bits per heavy atom. The number of likely N-dealkylation sites (N-methyl/N-ethyl adjacent to an activating group) is 1. The molecular formula is C31H31F3N8O3S. The lowest BCUT2D eigenvalue weighted by Crippen LogP contribution is -2.44. The molecule has 4 heterocycles. The molecule has 0 saturated carbocycles. The fourth-order valence-corrected chi connectivity index (χ4v) is 6.14. The SMILES string of the molecule is CN1CCN(c2ccc(C(F)(F)F)cc2NC(=O)Nc2cnc(Oc3ccc(-c4cnc(N5CCCCC5=O)s4)cc3)nc2)CC1. The van der Waals surface area contributed by atoms with E-state index in [-0.39, 0.29) is 23.3 Å². The number of thiazole rings is 1. The summed E-state index contributed by atoms with van der Waals surface area (Å²) in [7, 11) is 1.98. The van der Waals surface area contributed by atoms with Crippen LogP contribution in [0.4, 0.5) is 40.2 Å². The van der Waals surface area contributed by atoms with Crippen LogP contribution in [0.1, 0.15) is 24.8 Å². The van der Waals surface area contributed by atoms with Gasteiger partial charge in [-0.2, -0.15) is 13.2 Å². The Morgan fingerprint density at radius 3 is 2.35 bits per heavy atom. The van der Waals surface area contributed by atoms with Gasteiger partial charge in [0, 0.05) is 45.3 Å². The molecule has 2 aromatic heterocycles. The van der Waals surface area contributed by atoms with Gasteiger partial charge in [-0.15, -0.1) is 0 Å². The monoisotopic (exact) mass is 652 g/mol. The van der Waals surface area contributed by atoms with Gasteiger partial charge in [0.2, 0.25) is 5.91 Å². The van der Waals surface area contributed by atoms with E-state index in [4.69, 9.17) is 4.74 Å². The predicted octanol–water partition coefficient (Wildman–Crippen LogP) is 6.32. The molecule has 2 N–H and O–H groups in total. The molecule has 0 spiro atoms. The molecule has 0 bridgehead atoms. The van der Waals surface area contributed by atoms with Gasteiger partial charge in [0.15, 0.2) is 5.13 Å². The normalized spacial score (nSPS) is 16.0. The second-order valence-electron chi connectivity index (χ2n) is 11.0. The highest BCUT2D eigenvalue weighted by atomic mass is 32.1. The molecule has 2 aliphatic rings. The van der Waals surface area contributed by atoms with Crippen LogP contribution in [0.5, 0.6) is 11.8 Å². The van der Waals surface area contributed by atoms with E-state index in [0.717, 1.165) is 48.5 Å². The number of urea groups is 1. The zero-order valence-corrected chi connectivity index (χ0v) is 25.7. The predicted molar refractivity (Wildman–Crippen MR) is 170 cm³/mol. The largest absolute Gasteiger partial charge is 0.424 e. The minimum absolute atomic E-state index is 0.0395. The van der Waals surface area contributed by atoms with Crippen LogP contribution >= 0.6 is 11.3 Å². The van der Waals surface area contributed by atoms with Crippen molar-refractivity contribution in [3.8, 4) is 22.2 Å². The van der Waals surface area contributed by atoms with Crippen LogP contribution in [0.3, 0.4) is 0 Å². The topological polar surface area (TPSA) is 116 Å². The molecule has 15 heteroatoms. The highest BCUT2D eigenvalue weighted by Crippen LogP contribution is 2.36. The molecule has 0 unspecified atom stereocenters. The lowest BCUT2D eigenvalue weighted by atomic mass is 10.1. The Morgan fingerprint density at radius 2 is 1.65 bits per heavy atom. The maximum absolute atomic E-state index is 13.5. The third-order valence-electron chi connectivity index (χ3n) is 7.70. The van der Waals surface area contributed by atoms with E-state index in [9.17, 15) is 22.8 Å². The summed E-state index contributed by atoms with van der Waals surface area (Å²) >= 11 is 1.46. The Kier molecular flexibility index (Phi) is 9.03. The van der Waals surface area contributed by atoms with Crippen molar-refractivity contribution in [2.24, 2.45) is 0 Å². The number of ether oxygens (including phenoxy) is 1. The molecule has 0 aliphatic carbocycles. The first kappa shape index (κ1) is 31.2. The lowest BCUT2D eigenvalue weighted by molar-refractivity contribution is -0.137. The number of nitrogens with one attached hydrogen (secondary N) is 2. The van der Waals surface area contributed by atoms with Gasteiger partial charge in [-0.05, 0) is 67.9 Å². The third kappa shape index (κ3) is 7.37. The molecule has 0 radical (unpaired) electrons. The van der Waals surface area contributed by atoms with Crippen molar-refractivity contribution in [1.29, 1.82) is 0 Å². The van der Waals surface area contributed by atoms with E-state index < -0.39 is 17.8 Å². The van der Waals surface area contributed by atoms with Gasteiger partial charge in [0.1, 0.15) is 5.75 Å². The third-order valence-corrected chi connectivity index (χ3v) is 8.77. The summed E-state index contributed by atoms with van der Waals surface area (Å²) in [6.07, 6.45) is 2.30. The molecule has 46 heavy (non-hydrogen) atoms. The van der Waals surface area contributed by atoms with Crippen LogP contribution in [0.15, 0.2) is 61.1 Å². The average molecular weight is 653 g/mol. The molecule has 240 valence electrons. The molecule has 6 rings (SSSR count). The Labute approximate surface area is 267 Å². The van der Waals surface area contributed by atoms with Gasteiger partial charge in [-0.3, -0.25) is 9.69 Å². The number of piperidine rings is 1. The molecule has 0 atom stereocenters. The van der Waals surface area contributed by atoms with Crippen molar-refractivity contribution in [2.75, 3.05) is 60.2 Å². The van der Waals surface area contributed by atoms with Crippen molar-refractivity contribution < 1.29 is 27.5 Å². The minimum atomic E-state index is -4.56. The number of alkyl halides is 3. The first-order valence-corrected chi connectivity index (χ1v) is 15.5. The van der Waals surface area contributed by atoms with Crippen LogP contribution in [0.25, 0.3) is 10.4 Å². The summed E-state index contributed by atoms with van der Waals surface area (Å²) in [6.45, 7) is 3.41. The van der Waals surface area contributed by atoms with Crippen molar-refractivity contribution in [3.63, 3.8) is 0 Å². The summed E-state index contributed by atoms with van der Waals surface area (Å²) < 4.78 is 46.1. The first-order valence-electron chi connectivity index (χ1n) is 14.7. The van der Waals surface area contributed by atoms with E-state index >= 15 is 0 Å². The van der Waals surface area contributed by atoms with Crippen LogP contribution in [0.2, 0.25) is 0 Å². The van der Waals surface area contributed by atoms with Crippen LogP contribution in [-0.2, 0) is 11.0 Å². The van der Waals surface area contributed by atoms with E-state index in [1.54, 1.807) is 23.2 Å². The summed E-state index contributed by atoms with van der Waals surface area (Å²) in [5.74, 6) is 0.586. The number of carbonyl (C=O) groups excluding carboxylic acids is 2. The maximum Gasteiger partial charge on any atom is 0.416 e. The number of nitrogens with zero attached hydrogens (tertiary/aromatic N) is 6. The molecule has 2 aliphatic heterocycles. The molecular weight excluding hydrogens is 621 g/mol. The van der Waals surface area contributed by atoms with Crippen LogP contribution < -0.4 is 25.2 Å². The maximum atomic E-state index is 13.5. The fraction of sp³-hybridized carbons (Fsp3) is 0.323. The number of benzene rings is 2. The molecule has 4 aromatic rings. The van der Waals surface area contributed by atoms with Gasteiger partial charge in [0.25, 0.3) is 0 Å². The quantitative estimate of drug-likeness (QED) is 0.238. The van der Waals surface area contributed by atoms with Gasteiger partial charge in [-0.25, -0.2) is 19.7 Å². The number of amides is 3. The average Bonchev–Trinajstić information content (AvgIpc) is 3.53. The Bertz CT molecular complexity index is 1690. The summed E-state index contributed by atoms with van der Waals surface area (Å²) in [5, 5.41) is 5.82. The molecule has 3 amide bonds. The van der Waals surface area contributed by atoms with Gasteiger partial charge in [0.05, 0.1) is 39.9 Å². The molecule has 2 saturated heterocycles. The van der Waals surface area contributed by atoms with Crippen molar-refractivity contribution in [1.82, 2.24) is 19.9 Å². The molecule has 2 aromatic carbocycles. The van der Waals surface area contributed by atoms with Gasteiger partial charge < -0.3 is 25.2 Å². The molecule has 11 nitrogen and oxygen atoms in total. The van der Waals surface area contributed by atoms with E-state index in [1.807, 2.05) is 24.1 Å².